The van der Waals surface area contributed by atoms with Crippen LogP contribution in [-0.4, -0.2) is 23.8 Å². The van der Waals surface area contributed by atoms with Gasteiger partial charge in [0, 0.05) is 16.8 Å². The highest BCUT2D eigenvalue weighted by Crippen LogP contribution is 2.23. The summed E-state index contributed by atoms with van der Waals surface area (Å²) in [6.45, 7) is 3.45. The van der Waals surface area contributed by atoms with E-state index in [-0.39, 0.29) is 5.78 Å². The Morgan fingerprint density at radius 2 is 2.00 bits per heavy atom. The Morgan fingerprint density at radius 1 is 1.29 bits per heavy atom. The molecule has 0 spiro atoms. The highest BCUT2D eigenvalue weighted by Gasteiger charge is 2.22. The second kappa shape index (κ2) is 5.80. The largest absolute Gasteiger partial charge is 0.497 e. The average molecular weight is 287 g/mol. The molecule has 0 radical (unpaired) electrons. The first-order valence-corrected chi connectivity index (χ1v) is 6.38. The van der Waals surface area contributed by atoms with Crippen LogP contribution in [0.4, 0.5) is 0 Å². The number of benzene rings is 1. The quantitative estimate of drug-likeness (QED) is 0.343. The molecule has 0 fully saturated rings. The molecule has 21 heavy (non-hydrogen) atoms. The van der Waals surface area contributed by atoms with E-state index in [2.05, 4.69) is 10.4 Å². The second-order valence-corrected chi connectivity index (χ2v) is 4.66. The molecular formula is C15H17N3O3. The summed E-state index contributed by atoms with van der Waals surface area (Å²) >= 11 is 0. The van der Waals surface area contributed by atoms with Gasteiger partial charge in [0.25, 0.3) is 5.91 Å². The van der Waals surface area contributed by atoms with Crippen LogP contribution in [0.1, 0.15) is 37.7 Å². The topological polar surface area (TPSA) is 97.2 Å². The molecule has 0 saturated carbocycles. The van der Waals surface area contributed by atoms with Crippen molar-refractivity contribution in [1.82, 2.24) is 10.4 Å². The van der Waals surface area contributed by atoms with Crippen molar-refractivity contribution in [3.63, 3.8) is 0 Å². The zero-order valence-electron chi connectivity index (χ0n) is 12.1. The normalized spacial score (nSPS) is 10.3. The summed E-state index contributed by atoms with van der Waals surface area (Å²) in [6.07, 6.45) is 0. The molecule has 110 valence electrons. The van der Waals surface area contributed by atoms with Crippen LogP contribution in [-0.2, 0) is 0 Å². The molecule has 2 rings (SSSR count). The number of carbonyl (C=O) groups excluding carboxylic acids is 2. The lowest BCUT2D eigenvalue weighted by molar-refractivity contribution is 0.0948. The summed E-state index contributed by atoms with van der Waals surface area (Å²) in [5.41, 5.74) is 4.52. The maximum Gasteiger partial charge on any atom is 0.281 e. The summed E-state index contributed by atoms with van der Waals surface area (Å²) in [6, 6.07) is 6.88. The summed E-state index contributed by atoms with van der Waals surface area (Å²) in [5, 5.41) is 0. The van der Waals surface area contributed by atoms with Gasteiger partial charge >= 0.3 is 0 Å². The molecule has 0 atom stereocenters. The number of hydrogen-bond donors (Lipinski definition) is 3. The van der Waals surface area contributed by atoms with Crippen molar-refractivity contribution in [2.45, 2.75) is 13.8 Å². The van der Waals surface area contributed by atoms with Gasteiger partial charge in [-0.05, 0) is 31.5 Å². The fourth-order valence-corrected chi connectivity index (χ4v) is 2.30. The molecule has 1 aromatic carbocycles. The molecule has 2 aromatic rings. The molecule has 1 heterocycles. The van der Waals surface area contributed by atoms with E-state index in [9.17, 15) is 9.59 Å². The van der Waals surface area contributed by atoms with E-state index in [4.69, 9.17) is 10.6 Å². The van der Waals surface area contributed by atoms with E-state index in [0.29, 0.717) is 33.8 Å². The van der Waals surface area contributed by atoms with Crippen molar-refractivity contribution in [3.05, 3.63) is 52.3 Å². The predicted molar refractivity (Wildman–Crippen MR) is 78.3 cm³/mol. The SMILES string of the molecule is COc1cccc(C(=O)c2c(C)[nH]c(C(=O)NN)c2C)c1. The van der Waals surface area contributed by atoms with Crippen molar-refractivity contribution >= 4 is 11.7 Å². The molecule has 0 unspecified atom stereocenters. The maximum atomic E-state index is 12.6. The Morgan fingerprint density at radius 3 is 2.62 bits per heavy atom. The van der Waals surface area contributed by atoms with Gasteiger partial charge in [-0.2, -0.15) is 0 Å². The zero-order chi connectivity index (χ0) is 15.6. The first kappa shape index (κ1) is 14.8. The van der Waals surface area contributed by atoms with Gasteiger partial charge in [-0.1, -0.05) is 12.1 Å². The van der Waals surface area contributed by atoms with E-state index >= 15 is 0 Å². The van der Waals surface area contributed by atoms with Gasteiger partial charge in [-0.25, -0.2) is 5.84 Å². The van der Waals surface area contributed by atoms with Crippen LogP contribution in [0.25, 0.3) is 0 Å². The average Bonchev–Trinajstić information content (AvgIpc) is 2.80. The Hall–Kier alpha value is -2.60. The number of aryl methyl sites for hydroxylation is 1. The number of nitrogens with two attached hydrogens (primary N) is 1. The van der Waals surface area contributed by atoms with Gasteiger partial charge < -0.3 is 9.72 Å². The predicted octanol–water partition coefficient (Wildman–Crippen LogP) is 1.47. The Bertz CT molecular complexity index is 704. The highest BCUT2D eigenvalue weighted by atomic mass is 16.5. The van der Waals surface area contributed by atoms with Crippen molar-refractivity contribution in [2.24, 2.45) is 5.84 Å². The molecule has 0 aliphatic heterocycles. The third kappa shape index (κ3) is 2.66. The van der Waals surface area contributed by atoms with Gasteiger partial charge in [0.1, 0.15) is 11.4 Å². The number of hydrogen-bond acceptors (Lipinski definition) is 4. The third-order valence-electron chi connectivity index (χ3n) is 3.35. The Balaban J connectivity index is 2.48. The van der Waals surface area contributed by atoms with Crippen LogP contribution >= 0.6 is 0 Å². The number of aromatic amines is 1. The number of H-pyrrole nitrogens is 1. The molecule has 6 nitrogen and oxygen atoms in total. The molecular weight excluding hydrogens is 270 g/mol. The van der Waals surface area contributed by atoms with Crippen molar-refractivity contribution in [3.8, 4) is 5.75 Å². The first-order chi connectivity index (χ1) is 9.99. The lowest BCUT2D eigenvalue weighted by Crippen LogP contribution is -2.30. The molecule has 0 aliphatic carbocycles. The molecule has 0 aliphatic rings. The van der Waals surface area contributed by atoms with E-state index in [1.165, 1.54) is 0 Å². The highest BCUT2D eigenvalue weighted by molar-refractivity contribution is 6.12. The van der Waals surface area contributed by atoms with Crippen LogP contribution in [0.15, 0.2) is 24.3 Å². The zero-order valence-corrected chi connectivity index (χ0v) is 12.1. The number of nitrogen functional groups attached to an aromatic ring is 1. The number of ether oxygens (including phenoxy) is 1. The minimum absolute atomic E-state index is 0.170. The minimum Gasteiger partial charge on any atom is -0.497 e. The van der Waals surface area contributed by atoms with Gasteiger partial charge in [-0.15, -0.1) is 0 Å². The molecule has 1 amide bonds. The van der Waals surface area contributed by atoms with Crippen molar-refractivity contribution in [1.29, 1.82) is 0 Å². The third-order valence-corrected chi connectivity index (χ3v) is 3.35. The fraction of sp³-hybridized carbons (Fsp3) is 0.200. The summed E-state index contributed by atoms with van der Waals surface area (Å²) in [5.74, 6) is 5.11. The number of carbonyl (C=O) groups is 2. The smallest absolute Gasteiger partial charge is 0.281 e. The maximum absolute atomic E-state index is 12.6. The number of methoxy groups -OCH3 is 1. The van der Waals surface area contributed by atoms with E-state index < -0.39 is 5.91 Å². The van der Waals surface area contributed by atoms with Gasteiger partial charge in [0.2, 0.25) is 0 Å². The lowest BCUT2D eigenvalue weighted by atomic mass is 9.99. The van der Waals surface area contributed by atoms with Crippen LogP contribution in [0.2, 0.25) is 0 Å². The minimum atomic E-state index is -0.458. The lowest BCUT2D eigenvalue weighted by Gasteiger charge is -2.05. The second-order valence-electron chi connectivity index (χ2n) is 4.66. The molecule has 4 N–H and O–H groups in total. The monoisotopic (exact) mass is 287 g/mol. The van der Waals surface area contributed by atoms with Crippen molar-refractivity contribution < 1.29 is 14.3 Å². The van der Waals surface area contributed by atoms with Gasteiger partial charge in [0.15, 0.2) is 5.78 Å². The number of aromatic nitrogens is 1. The van der Waals surface area contributed by atoms with E-state index in [1.807, 2.05) is 0 Å². The summed E-state index contributed by atoms with van der Waals surface area (Å²) in [7, 11) is 1.54. The first-order valence-electron chi connectivity index (χ1n) is 6.38. The van der Waals surface area contributed by atoms with Crippen molar-refractivity contribution in [2.75, 3.05) is 7.11 Å². The number of nitrogens with one attached hydrogen (secondary N) is 2. The standard InChI is InChI=1S/C15H17N3O3/c1-8-12(9(2)17-13(8)15(20)18-16)14(19)10-5-4-6-11(7-10)21-3/h4-7,17H,16H2,1-3H3,(H,18,20). The molecule has 0 saturated heterocycles. The summed E-state index contributed by atoms with van der Waals surface area (Å²) in [4.78, 5) is 27.2. The van der Waals surface area contributed by atoms with Crippen LogP contribution in [0, 0.1) is 13.8 Å². The van der Waals surface area contributed by atoms with Crippen LogP contribution < -0.4 is 16.0 Å². The molecule has 0 bridgehead atoms. The Labute approximate surface area is 122 Å². The van der Waals surface area contributed by atoms with Gasteiger partial charge in [0.05, 0.1) is 7.11 Å². The summed E-state index contributed by atoms with van der Waals surface area (Å²) < 4.78 is 5.12. The Kier molecular flexibility index (Phi) is 4.09. The number of ketones is 1. The van der Waals surface area contributed by atoms with Crippen LogP contribution in [0.5, 0.6) is 5.75 Å². The molecule has 6 heteroatoms. The van der Waals surface area contributed by atoms with E-state index in [1.54, 1.807) is 45.2 Å². The van der Waals surface area contributed by atoms with Crippen LogP contribution in [0.3, 0.4) is 0 Å². The number of hydrazine groups is 1. The van der Waals surface area contributed by atoms with E-state index in [0.717, 1.165) is 0 Å². The fourth-order valence-electron chi connectivity index (χ4n) is 2.30. The van der Waals surface area contributed by atoms with Gasteiger partial charge in [-0.3, -0.25) is 15.0 Å². The molecule has 1 aromatic heterocycles. The number of rotatable bonds is 4. The number of amides is 1.